The van der Waals surface area contributed by atoms with Gasteiger partial charge in [-0.3, -0.25) is 10.2 Å². The molecule has 0 saturated heterocycles. The zero-order valence-electron chi connectivity index (χ0n) is 30.3. The fraction of sp³-hybridized carbons (Fsp3) is 0.500. The van der Waals surface area contributed by atoms with Crippen LogP contribution in [0.15, 0.2) is 20.5 Å². The molecular formula is C32H40N18. The average molecular weight is 677 g/mol. The van der Waals surface area contributed by atoms with E-state index in [2.05, 4.69) is 80.9 Å². The van der Waals surface area contributed by atoms with Gasteiger partial charge >= 0.3 is 0 Å². The number of rotatable bonds is 7. The Morgan fingerprint density at radius 1 is 0.540 bits per heavy atom. The molecule has 18 heteroatoms. The van der Waals surface area contributed by atoms with Crippen LogP contribution in [0.4, 0.5) is 34.4 Å². The van der Waals surface area contributed by atoms with E-state index in [0.29, 0.717) is 57.1 Å². The summed E-state index contributed by atoms with van der Waals surface area (Å²) >= 11 is 0. The second-order valence-corrected chi connectivity index (χ2v) is 15.4. The molecular weight excluding hydrogens is 636 g/mol. The summed E-state index contributed by atoms with van der Waals surface area (Å²) in [6, 6.07) is 0. The summed E-state index contributed by atoms with van der Waals surface area (Å²) in [4.78, 5) is 14.0. The minimum Gasteiger partial charge on any atom is -0.324 e. The third-order valence-electron chi connectivity index (χ3n) is 9.11. The highest BCUT2D eigenvalue weighted by Crippen LogP contribution is 2.51. The van der Waals surface area contributed by atoms with Crippen molar-refractivity contribution >= 4 is 45.7 Å². The zero-order valence-corrected chi connectivity index (χ0v) is 30.3. The van der Waals surface area contributed by atoms with Crippen molar-refractivity contribution in [1.82, 2.24) is 60.0 Å². The van der Waals surface area contributed by atoms with Gasteiger partial charge in [-0.05, 0) is 13.8 Å². The minimum atomic E-state index is -0.840. The Bertz CT molecular complexity index is 2230. The fourth-order valence-corrected chi connectivity index (χ4v) is 5.71. The van der Waals surface area contributed by atoms with E-state index in [9.17, 15) is 0 Å². The van der Waals surface area contributed by atoms with Gasteiger partial charge in [-0.25, -0.2) is 9.69 Å². The van der Waals surface area contributed by atoms with Gasteiger partial charge in [0.05, 0.1) is 35.9 Å². The molecule has 6 aromatic rings. The van der Waals surface area contributed by atoms with Gasteiger partial charge in [0.25, 0.3) is 11.4 Å². The van der Waals surface area contributed by atoms with Crippen molar-refractivity contribution in [3.05, 3.63) is 57.3 Å². The second kappa shape index (κ2) is 11.3. The number of aromatic nitrogens is 12. The predicted molar refractivity (Wildman–Crippen MR) is 186 cm³/mol. The highest BCUT2D eigenvalue weighted by molar-refractivity contribution is 5.73. The summed E-state index contributed by atoms with van der Waals surface area (Å²) in [5.74, 6) is 1.77. The van der Waals surface area contributed by atoms with Crippen molar-refractivity contribution in [1.29, 1.82) is 0 Å². The molecule has 0 spiro atoms. The molecule has 0 aliphatic carbocycles. The highest BCUT2D eigenvalue weighted by atomic mass is 15.5. The van der Waals surface area contributed by atoms with Crippen LogP contribution in [0.25, 0.3) is 21.0 Å². The number of aryl methyl sites for hydroxylation is 2. The van der Waals surface area contributed by atoms with Crippen molar-refractivity contribution in [2.75, 3.05) is 0 Å². The van der Waals surface area contributed by atoms with Gasteiger partial charge < -0.3 is 9.97 Å². The lowest BCUT2D eigenvalue weighted by Crippen LogP contribution is -2.41. The van der Waals surface area contributed by atoms with E-state index in [1.54, 1.807) is 0 Å². The second-order valence-electron chi connectivity index (χ2n) is 15.4. The van der Waals surface area contributed by atoms with E-state index in [0.717, 1.165) is 0 Å². The van der Waals surface area contributed by atoms with Crippen molar-refractivity contribution in [3.8, 4) is 0 Å². The first-order chi connectivity index (χ1) is 23.3. The molecule has 0 amide bonds. The van der Waals surface area contributed by atoms with E-state index in [1.807, 2.05) is 83.1 Å². The predicted octanol–water partition coefficient (Wildman–Crippen LogP) is 8.27. The number of nitrogens with one attached hydrogen (secondary N) is 4. The van der Waals surface area contributed by atoms with Gasteiger partial charge in [0.1, 0.15) is 11.6 Å². The van der Waals surface area contributed by atoms with E-state index >= 15 is 0 Å². The first-order valence-electron chi connectivity index (χ1n) is 16.0. The lowest BCUT2D eigenvalue weighted by molar-refractivity contribution is 0.290. The largest absolute Gasteiger partial charge is 0.324 e. The normalized spacial score (nSPS) is 13.4. The van der Waals surface area contributed by atoms with Crippen LogP contribution in [-0.4, -0.2) is 60.0 Å². The molecule has 0 fully saturated rings. The average Bonchev–Trinajstić information content (AvgIpc) is 3.84. The van der Waals surface area contributed by atoms with Crippen LogP contribution in [0, 0.1) is 27.0 Å². The van der Waals surface area contributed by atoms with Crippen LogP contribution in [0.2, 0.25) is 0 Å². The Morgan fingerprint density at radius 2 is 0.900 bits per heavy atom. The third kappa shape index (κ3) is 5.33. The Morgan fingerprint density at radius 3 is 1.22 bits per heavy atom. The van der Waals surface area contributed by atoms with E-state index in [4.69, 9.17) is 13.1 Å². The molecule has 6 heterocycles. The van der Waals surface area contributed by atoms with Gasteiger partial charge in [-0.1, -0.05) is 69.2 Å². The molecule has 18 nitrogen and oxygen atoms in total. The summed E-state index contributed by atoms with van der Waals surface area (Å²) in [5, 5.41) is 51.0. The molecule has 258 valence electrons. The fourth-order valence-electron chi connectivity index (χ4n) is 5.71. The van der Waals surface area contributed by atoms with Crippen LogP contribution in [-0.2, 0) is 21.7 Å². The standard InChI is InChI=1S/C32H40N18/c1-15-35-27-19(21(29(3,4)5)47-49(27)45-15)37-41-25-17(33-13)23(39-43-25)31(9,10)32(11,12)24-18(34-14)26(44-40-24)42-38-20-22(30(6,7)8)48-50-28(20)36-16(2)46-50/h1-12H3,(H,35,45)(H,36,46)(H,39,43)(H,40,44)/b41-37+,42-38+. The molecule has 6 rings (SSSR count). The van der Waals surface area contributed by atoms with Gasteiger partial charge in [0, 0.05) is 21.7 Å². The van der Waals surface area contributed by atoms with E-state index in [1.165, 1.54) is 9.26 Å². The van der Waals surface area contributed by atoms with E-state index in [-0.39, 0.29) is 33.8 Å². The Labute approximate surface area is 287 Å². The maximum atomic E-state index is 8.11. The summed E-state index contributed by atoms with van der Waals surface area (Å²) in [6.07, 6.45) is 0. The van der Waals surface area contributed by atoms with Crippen LogP contribution < -0.4 is 0 Å². The maximum absolute atomic E-state index is 8.11. The highest BCUT2D eigenvalue weighted by Gasteiger charge is 2.46. The van der Waals surface area contributed by atoms with Crippen LogP contribution in [0.5, 0.6) is 0 Å². The number of fused-ring (bicyclic) bond motifs is 2. The van der Waals surface area contributed by atoms with E-state index < -0.39 is 10.8 Å². The summed E-state index contributed by atoms with van der Waals surface area (Å²) in [6.45, 7) is 39.9. The van der Waals surface area contributed by atoms with Crippen molar-refractivity contribution < 1.29 is 0 Å². The first-order valence-corrected chi connectivity index (χ1v) is 16.0. The molecule has 0 saturated carbocycles. The Kier molecular flexibility index (Phi) is 7.62. The summed E-state index contributed by atoms with van der Waals surface area (Å²) in [7, 11) is 0. The quantitative estimate of drug-likeness (QED) is 0.0965. The number of nitrogens with zero attached hydrogens (tertiary/aromatic N) is 14. The number of aromatic amines is 4. The summed E-state index contributed by atoms with van der Waals surface area (Å²) < 4.78 is 3.02. The monoisotopic (exact) mass is 676 g/mol. The van der Waals surface area contributed by atoms with Crippen LogP contribution in [0.1, 0.15) is 104 Å². The number of hydrogen-bond acceptors (Lipinski definition) is 10. The molecule has 0 aliphatic rings. The van der Waals surface area contributed by atoms with Crippen molar-refractivity contribution in [2.45, 2.75) is 105 Å². The van der Waals surface area contributed by atoms with Gasteiger partial charge in [-0.15, -0.1) is 39.9 Å². The Balaban J connectivity index is 1.37. The molecule has 4 N–H and O–H groups in total. The Hall–Kier alpha value is -6.04. The lowest BCUT2D eigenvalue weighted by Gasteiger charge is -2.40. The number of H-pyrrole nitrogens is 4. The molecule has 0 radical (unpaired) electrons. The lowest BCUT2D eigenvalue weighted by atomic mass is 9.63. The number of hydrogen-bond donors (Lipinski definition) is 4. The summed E-state index contributed by atoms with van der Waals surface area (Å²) in [5.41, 5.74) is 2.63. The number of azo groups is 2. The maximum Gasteiger partial charge on any atom is 0.255 e. The molecule has 50 heavy (non-hydrogen) atoms. The molecule has 0 aliphatic heterocycles. The van der Waals surface area contributed by atoms with Crippen molar-refractivity contribution in [2.24, 2.45) is 20.5 Å². The SMILES string of the molecule is [C-]#[N+]c1c(C(C)(C)C(C)(C)c2n[nH]c(/N=N/c3c(C(C)(C)C)nn4nc(C)[nH]c34)c2[N+]#[C-])n[nH]c1/N=N/c1c(C(C)(C)C)nn2nc(C)[nH]c12. The smallest absolute Gasteiger partial charge is 0.255 e. The molecule has 0 unspecified atom stereocenters. The first kappa shape index (κ1) is 33.8. The van der Waals surface area contributed by atoms with Crippen LogP contribution in [0.3, 0.4) is 0 Å². The minimum absolute atomic E-state index is 0.201. The molecule has 0 atom stereocenters. The topological polar surface area (TPSA) is 207 Å². The van der Waals surface area contributed by atoms with Gasteiger partial charge in [-0.2, -0.15) is 20.4 Å². The van der Waals surface area contributed by atoms with Crippen molar-refractivity contribution in [3.63, 3.8) is 0 Å². The third-order valence-corrected chi connectivity index (χ3v) is 9.11. The van der Waals surface area contributed by atoms with Gasteiger partial charge in [0.15, 0.2) is 34.3 Å². The molecule has 6 aromatic heterocycles. The van der Waals surface area contributed by atoms with Gasteiger partial charge in [0.2, 0.25) is 0 Å². The molecule has 0 aromatic carbocycles. The zero-order chi connectivity index (χ0) is 36.6. The van der Waals surface area contributed by atoms with Crippen LogP contribution >= 0.6 is 0 Å². The molecule has 0 bridgehead atoms.